The Morgan fingerprint density at radius 2 is 1.87 bits per heavy atom. The minimum atomic E-state index is -0.839. The van der Waals surface area contributed by atoms with Gasteiger partial charge in [-0.15, -0.1) is 0 Å². The SMILES string of the molecule is CCCC1=C([C@H](O)CC/C(=C/c2cc(Br)ccc2O)CC)[C@H](CO)[C@@H]2C(=O)N(c3ccccc3)C(=O)[C@@H]2C1. The number of halogens is 1. The largest absolute Gasteiger partial charge is 0.507 e. The maximum Gasteiger partial charge on any atom is 0.238 e. The topological polar surface area (TPSA) is 98.1 Å². The average molecular weight is 583 g/mol. The van der Waals surface area contributed by atoms with Crippen LogP contribution in [0.3, 0.4) is 0 Å². The van der Waals surface area contributed by atoms with Crippen molar-refractivity contribution in [3.63, 3.8) is 0 Å². The maximum atomic E-state index is 13.6. The minimum Gasteiger partial charge on any atom is -0.507 e. The summed E-state index contributed by atoms with van der Waals surface area (Å²) < 4.78 is 0.870. The van der Waals surface area contributed by atoms with Gasteiger partial charge in [-0.25, -0.2) is 0 Å². The fourth-order valence-corrected chi connectivity index (χ4v) is 6.40. The molecule has 1 aliphatic carbocycles. The molecule has 2 amide bonds. The van der Waals surface area contributed by atoms with E-state index in [-0.39, 0.29) is 24.2 Å². The van der Waals surface area contributed by atoms with Crippen molar-refractivity contribution in [1.82, 2.24) is 0 Å². The van der Waals surface area contributed by atoms with Crippen LogP contribution in [0.25, 0.3) is 6.08 Å². The van der Waals surface area contributed by atoms with Crippen LogP contribution in [0.2, 0.25) is 0 Å². The van der Waals surface area contributed by atoms with Gasteiger partial charge in [-0.3, -0.25) is 14.5 Å². The van der Waals surface area contributed by atoms with Gasteiger partial charge in [0.15, 0.2) is 0 Å². The zero-order valence-electron chi connectivity index (χ0n) is 21.9. The van der Waals surface area contributed by atoms with Crippen LogP contribution in [0, 0.1) is 17.8 Å². The van der Waals surface area contributed by atoms with Crippen molar-refractivity contribution in [3.05, 3.63) is 75.3 Å². The number of hydrogen-bond donors (Lipinski definition) is 3. The van der Waals surface area contributed by atoms with Crippen molar-refractivity contribution < 1.29 is 24.9 Å². The number of benzene rings is 2. The first-order valence-corrected chi connectivity index (χ1v) is 14.2. The number of hydrogen-bond acceptors (Lipinski definition) is 5. The highest BCUT2D eigenvalue weighted by atomic mass is 79.9. The molecule has 0 saturated carbocycles. The smallest absolute Gasteiger partial charge is 0.238 e. The summed E-state index contributed by atoms with van der Waals surface area (Å²) in [5.74, 6) is -2.14. The molecule has 0 radical (unpaired) electrons. The van der Waals surface area contributed by atoms with Crippen LogP contribution in [0.5, 0.6) is 5.75 Å². The number of imide groups is 1. The molecular formula is C31H36BrNO5. The average Bonchev–Trinajstić information content (AvgIpc) is 3.17. The third kappa shape index (κ3) is 5.65. The molecule has 1 aliphatic heterocycles. The first-order valence-electron chi connectivity index (χ1n) is 13.4. The maximum absolute atomic E-state index is 13.6. The van der Waals surface area contributed by atoms with E-state index in [1.54, 1.807) is 36.4 Å². The summed E-state index contributed by atoms with van der Waals surface area (Å²) in [5.41, 5.74) is 4.05. The fraction of sp³-hybridized carbons (Fsp3) is 0.419. The summed E-state index contributed by atoms with van der Waals surface area (Å²) in [6, 6.07) is 14.2. The summed E-state index contributed by atoms with van der Waals surface area (Å²) in [6.07, 6.45) is 4.87. The lowest BCUT2D eigenvalue weighted by atomic mass is 9.67. The van der Waals surface area contributed by atoms with Gasteiger partial charge in [0, 0.05) is 16.0 Å². The molecule has 7 heteroatoms. The van der Waals surface area contributed by atoms with Gasteiger partial charge >= 0.3 is 0 Å². The van der Waals surface area contributed by atoms with Crippen LogP contribution in [0.1, 0.15) is 57.9 Å². The van der Waals surface area contributed by atoms with Crippen LogP contribution in [-0.4, -0.2) is 39.8 Å². The minimum absolute atomic E-state index is 0.193. The van der Waals surface area contributed by atoms with E-state index >= 15 is 0 Å². The van der Waals surface area contributed by atoms with Gasteiger partial charge in [-0.05, 0) is 68.0 Å². The summed E-state index contributed by atoms with van der Waals surface area (Å²) in [4.78, 5) is 28.3. The Morgan fingerprint density at radius 3 is 2.53 bits per heavy atom. The van der Waals surface area contributed by atoms with Gasteiger partial charge in [0.1, 0.15) is 5.75 Å². The Kier molecular flexibility index (Phi) is 9.23. The number of rotatable bonds is 10. The molecule has 1 fully saturated rings. The van der Waals surface area contributed by atoms with Crippen molar-refractivity contribution in [3.8, 4) is 5.75 Å². The van der Waals surface area contributed by atoms with E-state index < -0.39 is 23.9 Å². The molecule has 1 saturated heterocycles. The standard InChI is InChI=1S/C31H36BrNO5/c1-3-8-20-17-24-29(31(38)33(30(24)37)23-9-6-5-7-10-23)25(18-34)28(20)27(36)13-11-19(4-2)15-21-16-22(32)12-14-26(21)35/h5-7,9-10,12,14-16,24-25,27,29,34-36H,3-4,8,11,13,17-18H2,1-2H3/b19-15+/t24-,25+,27-,29-/m1/s1. The van der Waals surface area contributed by atoms with Crippen LogP contribution in [-0.2, 0) is 9.59 Å². The Hall–Kier alpha value is -2.74. The van der Waals surface area contributed by atoms with Crippen LogP contribution in [0.15, 0.2) is 69.7 Å². The number of para-hydroxylation sites is 1. The summed E-state index contributed by atoms with van der Waals surface area (Å²) in [6.45, 7) is 3.79. The molecule has 3 N–H and O–H groups in total. The number of carbonyl (C=O) groups is 2. The summed E-state index contributed by atoms with van der Waals surface area (Å²) in [5, 5.41) is 32.2. The summed E-state index contributed by atoms with van der Waals surface area (Å²) in [7, 11) is 0. The van der Waals surface area contributed by atoms with Crippen molar-refractivity contribution in [1.29, 1.82) is 0 Å². The van der Waals surface area contributed by atoms with Crippen LogP contribution < -0.4 is 4.90 Å². The first kappa shape index (κ1) is 28.3. The second kappa shape index (κ2) is 12.4. The number of phenolic OH excluding ortho intramolecular Hbond substituents is 1. The lowest BCUT2D eigenvalue weighted by Crippen LogP contribution is -2.39. The third-order valence-corrected chi connectivity index (χ3v) is 8.34. The highest BCUT2D eigenvalue weighted by molar-refractivity contribution is 9.10. The Labute approximate surface area is 232 Å². The molecule has 6 nitrogen and oxygen atoms in total. The molecule has 0 spiro atoms. The number of aliphatic hydroxyl groups excluding tert-OH is 2. The molecule has 4 rings (SSSR count). The second-order valence-electron chi connectivity index (χ2n) is 10.2. The summed E-state index contributed by atoms with van der Waals surface area (Å²) >= 11 is 3.44. The van der Waals surface area contributed by atoms with Crippen molar-refractivity contribution in [2.45, 2.75) is 58.5 Å². The Balaban J connectivity index is 1.60. The lowest BCUT2D eigenvalue weighted by Gasteiger charge is -2.36. The van der Waals surface area contributed by atoms with Crippen molar-refractivity contribution >= 4 is 39.5 Å². The highest BCUT2D eigenvalue weighted by Crippen LogP contribution is 2.48. The van der Waals surface area contributed by atoms with E-state index in [2.05, 4.69) is 22.9 Å². The molecule has 1 heterocycles. The van der Waals surface area contributed by atoms with Crippen LogP contribution in [0.4, 0.5) is 5.69 Å². The molecule has 2 aromatic carbocycles. The zero-order chi connectivity index (χ0) is 27.4. The van der Waals surface area contributed by atoms with Crippen LogP contribution >= 0.6 is 15.9 Å². The molecule has 2 aromatic rings. The fourth-order valence-electron chi connectivity index (χ4n) is 6.02. The molecule has 2 aliphatic rings. The molecule has 0 bridgehead atoms. The van der Waals surface area contributed by atoms with E-state index in [4.69, 9.17) is 0 Å². The van der Waals surface area contributed by atoms with Gasteiger partial charge in [0.2, 0.25) is 11.8 Å². The number of anilines is 1. The van der Waals surface area contributed by atoms with Gasteiger partial charge < -0.3 is 15.3 Å². The number of nitrogens with zero attached hydrogens (tertiary/aromatic N) is 1. The van der Waals surface area contributed by atoms with Gasteiger partial charge in [-0.2, -0.15) is 0 Å². The van der Waals surface area contributed by atoms with E-state index in [0.29, 0.717) is 36.9 Å². The van der Waals surface area contributed by atoms with Gasteiger partial charge in [-0.1, -0.05) is 71.6 Å². The number of amides is 2. The molecule has 0 aromatic heterocycles. The van der Waals surface area contributed by atoms with Gasteiger partial charge in [0.25, 0.3) is 0 Å². The number of aromatic hydroxyl groups is 1. The third-order valence-electron chi connectivity index (χ3n) is 7.85. The highest BCUT2D eigenvalue weighted by Gasteiger charge is 2.55. The number of phenols is 1. The number of aliphatic hydroxyl groups is 2. The molecule has 0 unspecified atom stereocenters. The monoisotopic (exact) mass is 581 g/mol. The van der Waals surface area contributed by atoms with Crippen molar-refractivity contribution in [2.75, 3.05) is 11.5 Å². The van der Waals surface area contributed by atoms with Gasteiger partial charge in [0.05, 0.1) is 30.2 Å². The number of fused-ring (bicyclic) bond motifs is 1. The number of allylic oxidation sites excluding steroid dienone is 2. The molecule has 4 atom stereocenters. The molecule has 202 valence electrons. The van der Waals surface area contributed by atoms with E-state index in [9.17, 15) is 24.9 Å². The van der Waals surface area contributed by atoms with Crippen molar-refractivity contribution in [2.24, 2.45) is 17.8 Å². The molecular weight excluding hydrogens is 546 g/mol. The van der Waals surface area contributed by atoms with E-state index in [0.717, 1.165) is 34.0 Å². The molecule has 38 heavy (non-hydrogen) atoms. The Bertz CT molecular complexity index is 1240. The second-order valence-corrected chi connectivity index (χ2v) is 11.1. The van der Waals surface area contributed by atoms with E-state index in [1.807, 2.05) is 25.1 Å². The van der Waals surface area contributed by atoms with E-state index in [1.165, 1.54) is 4.90 Å². The predicted octanol–water partition coefficient (Wildman–Crippen LogP) is 6.00. The number of carbonyl (C=O) groups excluding carboxylic acids is 2. The quantitative estimate of drug-likeness (QED) is 0.236. The zero-order valence-corrected chi connectivity index (χ0v) is 23.5. The predicted molar refractivity (Wildman–Crippen MR) is 152 cm³/mol. The Morgan fingerprint density at radius 1 is 1.13 bits per heavy atom. The normalized spacial score (nSPS) is 22.7. The lowest BCUT2D eigenvalue weighted by molar-refractivity contribution is -0.123. The first-order chi connectivity index (χ1) is 18.3.